The molecule has 0 radical (unpaired) electrons. The first-order chi connectivity index (χ1) is 20.3. The third-order valence-corrected chi connectivity index (χ3v) is 5.74. The average molecular weight is 609 g/mol. The van der Waals surface area contributed by atoms with Gasteiger partial charge in [-0.2, -0.15) is 13.2 Å². The van der Waals surface area contributed by atoms with Crippen molar-refractivity contribution in [3.8, 4) is 0 Å². The van der Waals surface area contributed by atoms with E-state index < -0.39 is 72.4 Å². The number of nitrogens with zero attached hydrogens (tertiary/aromatic N) is 1. The maximum absolute atomic E-state index is 13.0. The van der Waals surface area contributed by atoms with E-state index >= 15 is 0 Å². The van der Waals surface area contributed by atoms with Gasteiger partial charge in [0.05, 0.1) is 18.6 Å². The molecule has 0 fully saturated rings. The minimum atomic E-state index is -4.49. The first-order valence-electron chi connectivity index (χ1n) is 13.1. The zero-order valence-corrected chi connectivity index (χ0v) is 23.1. The summed E-state index contributed by atoms with van der Waals surface area (Å²) >= 11 is 0. The average Bonchev–Trinajstić information content (AvgIpc) is 2.94. The number of rotatable bonds is 15. The van der Waals surface area contributed by atoms with Crippen molar-refractivity contribution >= 4 is 35.3 Å². The number of nitrogens with one attached hydrogen (secondary N) is 3. The molecule has 0 aliphatic carbocycles. The number of aromatic nitrogens is 1. The van der Waals surface area contributed by atoms with Gasteiger partial charge < -0.3 is 30.4 Å². The number of halogens is 3. The van der Waals surface area contributed by atoms with Crippen LogP contribution in [-0.4, -0.2) is 52.0 Å². The third-order valence-electron chi connectivity index (χ3n) is 5.74. The van der Waals surface area contributed by atoms with Crippen LogP contribution < -0.4 is 21.5 Å². The number of ether oxygens (including phenoxy) is 1. The fraction of sp³-hybridized carbons (Fsp3) is 0.357. The molecule has 4 N–H and O–H groups in total. The van der Waals surface area contributed by atoms with Gasteiger partial charge in [0.2, 0.25) is 17.7 Å². The predicted molar refractivity (Wildman–Crippen MR) is 146 cm³/mol. The second-order valence-electron chi connectivity index (χ2n) is 9.06. The Bertz CT molecular complexity index is 1390. The number of aliphatic carboxylic acids is 1. The number of carboxylic acids is 1. The molecular weight excluding hydrogens is 577 g/mol. The lowest BCUT2D eigenvalue weighted by Gasteiger charge is -2.18. The van der Waals surface area contributed by atoms with Gasteiger partial charge >= 0.3 is 18.1 Å². The number of carbonyl (C=O) groups excluding carboxylic acids is 4. The van der Waals surface area contributed by atoms with Crippen LogP contribution in [0.4, 0.5) is 18.9 Å². The molecule has 15 heteroatoms. The first kappa shape index (κ1) is 34.3. The van der Waals surface area contributed by atoms with Crippen molar-refractivity contribution < 1.29 is 47.0 Å². The summed E-state index contributed by atoms with van der Waals surface area (Å²) in [7, 11) is 0. The van der Waals surface area contributed by atoms with Gasteiger partial charge in [0.25, 0.3) is 5.56 Å². The zero-order chi connectivity index (χ0) is 32.0. The Morgan fingerprint density at radius 2 is 1.74 bits per heavy atom. The normalized spacial score (nSPS) is 11.9. The summed E-state index contributed by atoms with van der Waals surface area (Å²) in [6, 6.07) is 5.68. The predicted octanol–water partition coefficient (Wildman–Crippen LogP) is 2.37. The van der Waals surface area contributed by atoms with Crippen molar-refractivity contribution in [3.63, 3.8) is 0 Å². The molecule has 0 saturated heterocycles. The van der Waals surface area contributed by atoms with E-state index in [-0.39, 0.29) is 31.7 Å². The lowest BCUT2D eigenvalue weighted by Crippen LogP contribution is -2.44. The van der Waals surface area contributed by atoms with Gasteiger partial charge in [-0.1, -0.05) is 18.2 Å². The number of esters is 1. The van der Waals surface area contributed by atoms with Gasteiger partial charge in [-0.25, -0.2) is 4.79 Å². The van der Waals surface area contributed by atoms with Crippen LogP contribution in [0, 0.1) is 0 Å². The van der Waals surface area contributed by atoms with Gasteiger partial charge in [-0.3, -0.25) is 24.0 Å². The van der Waals surface area contributed by atoms with Gasteiger partial charge in [0.1, 0.15) is 18.3 Å². The molecule has 43 heavy (non-hydrogen) atoms. The van der Waals surface area contributed by atoms with Gasteiger partial charge in [-0.05, 0) is 49.6 Å². The lowest BCUT2D eigenvalue weighted by atomic mass is 10.1. The quantitative estimate of drug-likeness (QED) is 0.176. The zero-order valence-electron chi connectivity index (χ0n) is 23.1. The highest BCUT2D eigenvalue weighted by atomic mass is 19.4. The van der Waals surface area contributed by atoms with E-state index in [1.54, 1.807) is 6.92 Å². The molecule has 0 bridgehead atoms. The Balaban J connectivity index is 2.06. The number of benzene rings is 1. The van der Waals surface area contributed by atoms with Crippen LogP contribution in [0.2, 0.25) is 0 Å². The van der Waals surface area contributed by atoms with Crippen LogP contribution in [0.5, 0.6) is 0 Å². The fourth-order valence-electron chi connectivity index (χ4n) is 3.59. The summed E-state index contributed by atoms with van der Waals surface area (Å²) in [6.07, 6.45) is -1.33. The van der Waals surface area contributed by atoms with E-state index in [4.69, 9.17) is 9.84 Å². The maximum atomic E-state index is 13.0. The molecule has 1 heterocycles. The minimum absolute atomic E-state index is 0.00602. The number of allylic oxidation sites excluding steroid dienone is 1. The van der Waals surface area contributed by atoms with Crippen molar-refractivity contribution in [2.24, 2.45) is 0 Å². The van der Waals surface area contributed by atoms with Crippen molar-refractivity contribution in [2.75, 3.05) is 11.9 Å². The highest BCUT2D eigenvalue weighted by Gasteiger charge is 2.30. The molecule has 3 amide bonds. The van der Waals surface area contributed by atoms with Crippen molar-refractivity contribution in [1.82, 2.24) is 15.2 Å². The molecule has 0 spiro atoms. The minimum Gasteiger partial charge on any atom is -0.481 e. The van der Waals surface area contributed by atoms with E-state index in [0.29, 0.717) is 5.56 Å². The third kappa shape index (κ3) is 12.2. The molecule has 0 unspecified atom stereocenters. The molecule has 1 aromatic heterocycles. The summed E-state index contributed by atoms with van der Waals surface area (Å²) in [4.78, 5) is 72.8. The molecule has 0 aliphatic rings. The van der Waals surface area contributed by atoms with E-state index in [0.717, 1.165) is 22.8 Å². The summed E-state index contributed by atoms with van der Waals surface area (Å²) in [5.74, 6) is -3.94. The molecule has 0 saturated carbocycles. The molecule has 2 rings (SSSR count). The van der Waals surface area contributed by atoms with Crippen molar-refractivity contribution in [2.45, 2.75) is 57.9 Å². The number of amides is 3. The smallest absolute Gasteiger partial charge is 0.416 e. The highest BCUT2D eigenvalue weighted by Crippen LogP contribution is 2.29. The molecule has 12 nitrogen and oxygen atoms in total. The summed E-state index contributed by atoms with van der Waals surface area (Å²) in [5.41, 5.74) is -1.39. The second kappa shape index (κ2) is 16.5. The monoisotopic (exact) mass is 608 g/mol. The molecule has 1 aromatic carbocycles. The van der Waals surface area contributed by atoms with Crippen LogP contribution in [-0.2, 0) is 48.0 Å². The molecule has 232 valence electrons. The summed E-state index contributed by atoms with van der Waals surface area (Å²) < 4.78 is 43.9. The van der Waals surface area contributed by atoms with Crippen LogP contribution in [0.15, 0.2) is 59.5 Å². The van der Waals surface area contributed by atoms with Crippen LogP contribution >= 0.6 is 0 Å². The molecule has 2 aromatic rings. The van der Waals surface area contributed by atoms with Gasteiger partial charge in [-0.15, -0.1) is 0 Å². The van der Waals surface area contributed by atoms with E-state index in [1.165, 1.54) is 36.5 Å². The number of pyridine rings is 1. The molecule has 1 atom stereocenters. The number of alkyl halides is 3. The number of anilines is 1. The molecular formula is C28H31F3N4O8. The highest BCUT2D eigenvalue weighted by molar-refractivity contribution is 5.97. The second-order valence-corrected chi connectivity index (χ2v) is 9.06. The number of hydrogen-bond acceptors (Lipinski definition) is 7. The largest absolute Gasteiger partial charge is 0.481 e. The lowest BCUT2D eigenvalue weighted by molar-refractivity contribution is -0.139. The topological polar surface area (TPSA) is 173 Å². The van der Waals surface area contributed by atoms with Gasteiger partial charge in [0.15, 0.2) is 0 Å². The standard InChI is InChI=1S/C28H31F3N4O8/c1-2-43-25(40)8-4-3-6-20(33-22(36)13-14-24(38)39)26(41)34-21-7-5-15-35(27(21)42)17-23(37)32-16-18-9-11-19(12-10-18)28(29,30)31/h4-5,7-12,15,20H,2-3,6,13-14,16-17H2,1H3,(H,32,37)(H,33,36)(H,34,41)(H,38,39)/b8-4+/t20-/m0/s1. The Labute approximate surface area is 243 Å². The first-order valence-corrected chi connectivity index (χ1v) is 13.1. The van der Waals surface area contributed by atoms with Crippen LogP contribution in [0.1, 0.15) is 43.7 Å². The number of hydrogen-bond donors (Lipinski definition) is 4. The van der Waals surface area contributed by atoms with E-state index in [2.05, 4.69) is 16.0 Å². The Morgan fingerprint density at radius 3 is 2.37 bits per heavy atom. The van der Waals surface area contributed by atoms with Crippen LogP contribution in [0.3, 0.4) is 0 Å². The van der Waals surface area contributed by atoms with Crippen molar-refractivity contribution in [1.29, 1.82) is 0 Å². The Hall–Kier alpha value is -4.95. The Morgan fingerprint density at radius 1 is 1.05 bits per heavy atom. The summed E-state index contributed by atoms with van der Waals surface area (Å²) in [6.45, 7) is 1.25. The van der Waals surface area contributed by atoms with E-state index in [9.17, 15) is 41.9 Å². The number of carboxylic acid groups (broad SMARTS) is 1. The van der Waals surface area contributed by atoms with Crippen molar-refractivity contribution in [3.05, 3.63) is 76.2 Å². The van der Waals surface area contributed by atoms with Crippen LogP contribution in [0.25, 0.3) is 0 Å². The van der Waals surface area contributed by atoms with Gasteiger partial charge in [0, 0.05) is 25.2 Å². The SMILES string of the molecule is CCOC(=O)/C=C/CC[C@H](NC(=O)CCC(=O)O)C(=O)Nc1cccn(CC(=O)NCc2ccc(C(F)(F)F)cc2)c1=O. The summed E-state index contributed by atoms with van der Waals surface area (Å²) in [5, 5.41) is 16.1. The molecule has 0 aliphatic heterocycles. The maximum Gasteiger partial charge on any atom is 0.416 e. The number of carbonyl (C=O) groups is 5. The fourth-order valence-corrected chi connectivity index (χ4v) is 3.59. The van der Waals surface area contributed by atoms with E-state index in [1.807, 2.05) is 0 Å². The Kier molecular flexibility index (Phi) is 13.1.